The van der Waals surface area contributed by atoms with Crippen LogP contribution in [0, 0.1) is 0 Å². The molecule has 1 aromatic heterocycles. The molecule has 0 saturated carbocycles. The summed E-state index contributed by atoms with van der Waals surface area (Å²) in [6.45, 7) is 1.08. The maximum absolute atomic E-state index is 12.7. The van der Waals surface area contributed by atoms with Gasteiger partial charge >= 0.3 is 5.76 Å². The smallest absolute Gasteiger partial charge is 0.341 e. The van der Waals surface area contributed by atoms with Crippen LogP contribution in [-0.4, -0.2) is 31.7 Å². The van der Waals surface area contributed by atoms with Gasteiger partial charge in [0.1, 0.15) is 11.4 Å². The molecule has 2 N–H and O–H groups in total. The minimum atomic E-state index is -4.92. The van der Waals surface area contributed by atoms with E-state index in [1.54, 1.807) is 6.07 Å². The average Bonchev–Trinajstić information content (AvgIpc) is 3.08. The van der Waals surface area contributed by atoms with E-state index in [1.165, 1.54) is 31.4 Å². The Hall–Kier alpha value is -2.26. The normalized spacial score (nSPS) is 14.4. The van der Waals surface area contributed by atoms with Crippen molar-refractivity contribution in [2.45, 2.75) is 23.2 Å². The summed E-state index contributed by atoms with van der Waals surface area (Å²) in [6, 6.07) is 7.69. The van der Waals surface area contributed by atoms with E-state index in [9.17, 15) is 27.1 Å². The lowest BCUT2D eigenvalue weighted by Crippen LogP contribution is -2.38. The zero-order valence-corrected chi connectivity index (χ0v) is 13.4. The van der Waals surface area contributed by atoms with Crippen LogP contribution >= 0.6 is 0 Å². The lowest BCUT2D eigenvalue weighted by atomic mass is 10.0. The number of carbonyl (C=O) groups excluding carboxylic acids is 1. The second kappa shape index (κ2) is 6.70. The third-order valence-corrected chi connectivity index (χ3v) is 4.76. The van der Waals surface area contributed by atoms with Crippen LogP contribution in [0.25, 0.3) is 0 Å². The number of benzene rings is 1. The molecule has 2 aromatic rings. The van der Waals surface area contributed by atoms with Gasteiger partial charge in [-0.3, -0.25) is 4.79 Å². The number of halogens is 2. The van der Waals surface area contributed by atoms with E-state index >= 15 is 0 Å². The van der Waals surface area contributed by atoms with Crippen LogP contribution in [0.2, 0.25) is 0 Å². The van der Waals surface area contributed by atoms with E-state index in [0.717, 1.165) is 12.1 Å². The Morgan fingerprint density at radius 3 is 2.54 bits per heavy atom. The first kappa shape index (κ1) is 18.1. The van der Waals surface area contributed by atoms with E-state index in [1.807, 2.05) is 0 Å². The molecule has 1 heterocycles. The summed E-state index contributed by atoms with van der Waals surface area (Å²) in [6.07, 6.45) is 1.34. The van der Waals surface area contributed by atoms with Crippen molar-refractivity contribution in [3.63, 3.8) is 0 Å². The number of rotatable bonds is 6. The van der Waals surface area contributed by atoms with Crippen LogP contribution in [0.1, 0.15) is 23.0 Å². The Kier molecular flexibility index (Phi) is 5.05. The third-order valence-electron chi connectivity index (χ3n) is 3.32. The van der Waals surface area contributed by atoms with Crippen molar-refractivity contribution >= 4 is 15.7 Å². The Morgan fingerprint density at radius 1 is 1.29 bits per heavy atom. The second-order valence-corrected chi connectivity index (χ2v) is 7.12. The predicted octanol–water partition coefficient (Wildman–Crippen LogP) is 1.91. The first-order valence-corrected chi connectivity index (χ1v) is 8.36. The molecule has 0 spiro atoms. The van der Waals surface area contributed by atoms with Crippen LogP contribution < -0.4 is 5.32 Å². The molecular weight excluding hydrogens is 344 g/mol. The van der Waals surface area contributed by atoms with Crippen LogP contribution in [0.5, 0.6) is 0 Å². The fraction of sp³-hybridized carbons (Fsp3) is 0.267. The van der Waals surface area contributed by atoms with Gasteiger partial charge in [0, 0.05) is 0 Å². The largest absolute Gasteiger partial charge is 0.466 e. The molecule has 1 aromatic carbocycles. The SMILES string of the molecule is C[C@@](O)(CNC(=O)c1ccccc1S(=O)(=O)C(F)F)c1ccco1. The number of furan rings is 1. The van der Waals surface area contributed by atoms with Gasteiger partial charge < -0.3 is 14.8 Å². The van der Waals surface area contributed by atoms with Crippen LogP contribution in [0.4, 0.5) is 8.78 Å². The number of amides is 1. The van der Waals surface area contributed by atoms with Crippen molar-refractivity contribution in [1.82, 2.24) is 5.32 Å². The first-order valence-electron chi connectivity index (χ1n) is 6.82. The molecule has 0 bridgehead atoms. The van der Waals surface area contributed by atoms with E-state index in [4.69, 9.17) is 4.42 Å². The van der Waals surface area contributed by atoms with Gasteiger partial charge in [-0.05, 0) is 31.2 Å². The number of nitrogens with one attached hydrogen (secondary N) is 1. The summed E-state index contributed by atoms with van der Waals surface area (Å²) in [7, 11) is -4.92. The van der Waals surface area contributed by atoms with Crippen molar-refractivity contribution < 1.29 is 31.5 Å². The maximum Gasteiger partial charge on any atom is 0.341 e. The summed E-state index contributed by atoms with van der Waals surface area (Å²) in [5, 5.41) is 12.6. The molecule has 2 rings (SSSR count). The van der Waals surface area contributed by atoms with Gasteiger partial charge in [0.15, 0.2) is 0 Å². The van der Waals surface area contributed by atoms with Crippen LogP contribution in [-0.2, 0) is 15.4 Å². The van der Waals surface area contributed by atoms with E-state index in [-0.39, 0.29) is 12.3 Å². The Morgan fingerprint density at radius 2 is 1.96 bits per heavy atom. The molecule has 9 heteroatoms. The highest BCUT2D eigenvalue weighted by Gasteiger charge is 2.32. The van der Waals surface area contributed by atoms with Gasteiger partial charge in [-0.15, -0.1) is 0 Å². The van der Waals surface area contributed by atoms with Gasteiger partial charge in [0.2, 0.25) is 9.84 Å². The lowest BCUT2D eigenvalue weighted by molar-refractivity contribution is 0.0330. The molecule has 1 atom stereocenters. The van der Waals surface area contributed by atoms with Crippen molar-refractivity contribution in [2.24, 2.45) is 0 Å². The highest BCUT2D eigenvalue weighted by molar-refractivity contribution is 7.91. The highest BCUT2D eigenvalue weighted by atomic mass is 32.2. The molecule has 0 unspecified atom stereocenters. The molecule has 130 valence electrons. The highest BCUT2D eigenvalue weighted by Crippen LogP contribution is 2.23. The molecular formula is C15H15F2NO5S. The standard InChI is InChI=1S/C15H15F2NO5S/c1-15(20,12-7-4-8-23-12)9-18-13(19)10-5-2-3-6-11(10)24(21,22)14(16)17/h2-8,14,20H,9H2,1H3,(H,18,19)/t15-/m1/s1. The van der Waals surface area contributed by atoms with Gasteiger partial charge in [-0.1, -0.05) is 12.1 Å². The fourth-order valence-corrected chi connectivity index (χ4v) is 2.95. The van der Waals surface area contributed by atoms with Crippen molar-refractivity contribution in [1.29, 1.82) is 0 Å². The number of sulfone groups is 1. The fourth-order valence-electron chi connectivity index (χ4n) is 2.02. The number of alkyl halides is 2. The first-order chi connectivity index (χ1) is 11.2. The van der Waals surface area contributed by atoms with E-state index in [2.05, 4.69) is 5.32 Å². The zero-order valence-electron chi connectivity index (χ0n) is 12.6. The minimum Gasteiger partial charge on any atom is -0.466 e. The molecule has 0 fully saturated rings. The predicted molar refractivity (Wildman–Crippen MR) is 80.2 cm³/mol. The van der Waals surface area contributed by atoms with Crippen molar-refractivity contribution in [2.75, 3.05) is 6.54 Å². The van der Waals surface area contributed by atoms with Crippen LogP contribution in [0.3, 0.4) is 0 Å². The molecule has 0 aliphatic carbocycles. The molecule has 24 heavy (non-hydrogen) atoms. The number of hydrogen-bond acceptors (Lipinski definition) is 5. The van der Waals surface area contributed by atoms with E-state index in [0.29, 0.717) is 0 Å². The monoisotopic (exact) mass is 359 g/mol. The van der Waals surface area contributed by atoms with E-state index < -0.39 is 37.6 Å². The van der Waals surface area contributed by atoms with Crippen LogP contribution in [0.15, 0.2) is 52.0 Å². The van der Waals surface area contributed by atoms with Gasteiger partial charge in [-0.2, -0.15) is 8.78 Å². The maximum atomic E-state index is 12.7. The summed E-state index contributed by atoms with van der Waals surface area (Å²) >= 11 is 0. The van der Waals surface area contributed by atoms with Crippen molar-refractivity contribution in [3.05, 3.63) is 54.0 Å². The van der Waals surface area contributed by atoms with Gasteiger partial charge in [0.05, 0.1) is 23.3 Å². The molecule has 0 saturated heterocycles. The van der Waals surface area contributed by atoms with Crippen molar-refractivity contribution in [3.8, 4) is 0 Å². The Balaban J connectivity index is 2.23. The lowest BCUT2D eigenvalue weighted by Gasteiger charge is -2.21. The van der Waals surface area contributed by atoms with Gasteiger partial charge in [0.25, 0.3) is 5.91 Å². The number of aliphatic hydroxyl groups is 1. The zero-order chi connectivity index (χ0) is 18.0. The molecule has 6 nitrogen and oxygen atoms in total. The van der Waals surface area contributed by atoms with Gasteiger partial charge in [-0.25, -0.2) is 8.42 Å². The second-order valence-electron chi connectivity index (χ2n) is 5.24. The Labute approximate surface area is 137 Å². The summed E-state index contributed by atoms with van der Waals surface area (Å²) < 4.78 is 53.8. The molecule has 1 amide bonds. The minimum absolute atomic E-state index is 0.191. The summed E-state index contributed by atoms with van der Waals surface area (Å²) in [5.74, 6) is -4.35. The summed E-state index contributed by atoms with van der Waals surface area (Å²) in [4.78, 5) is 11.4. The molecule has 0 aliphatic rings. The Bertz CT molecular complexity index is 816. The topological polar surface area (TPSA) is 96.6 Å². The number of carbonyl (C=O) groups is 1. The summed E-state index contributed by atoms with van der Waals surface area (Å²) in [5.41, 5.74) is -1.97. The number of hydrogen-bond donors (Lipinski definition) is 2. The molecule has 0 radical (unpaired) electrons. The average molecular weight is 359 g/mol. The molecule has 0 aliphatic heterocycles. The quantitative estimate of drug-likeness (QED) is 0.821. The third kappa shape index (κ3) is 3.62.